The Morgan fingerprint density at radius 3 is 2.17 bits per heavy atom. The molecule has 2 rings (SSSR count). The van der Waals surface area contributed by atoms with E-state index < -0.39 is 26.1 Å². The summed E-state index contributed by atoms with van der Waals surface area (Å²) in [6, 6.07) is 9.09. The van der Waals surface area contributed by atoms with E-state index in [2.05, 4.69) is 10.6 Å². The number of nitrogens with zero attached hydrogens (tertiary/aromatic N) is 1. The number of nitro benzene ring substituents is 1. The Morgan fingerprint density at radius 2 is 1.61 bits per heavy atom. The summed E-state index contributed by atoms with van der Waals surface area (Å²) < 4.78 is 34.5. The van der Waals surface area contributed by atoms with Gasteiger partial charge in [-0.25, -0.2) is 4.79 Å². The molecule has 0 atom stereocenters. The third kappa shape index (κ3) is 4.48. The second kappa shape index (κ2) is 6.40. The molecule has 10 heteroatoms. The number of urea groups is 1. The molecule has 0 heterocycles. The minimum absolute atomic E-state index is 0.0478. The summed E-state index contributed by atoms with van der Waals surface area (Å²) in [6.07, 6.45) is 0. The minimum atomic E-state index is -4.88. The van der Waals surface area contributed by atoms with Gasteiger partial charge in [0.05, 0.1) is 4.92 Å². The Kier molecular flexibility index (Phi) is 4.55. The third-order valence-corrected chi connectivity index (χ3v) is 3.51. The lowest BCUT2D eigenvalue weighted by atomic mass is 10.3. The summed E-state index contributed by atoms with van der Waals surface area (Å²) in [5.74, 6) is 0. The topological polar surface area (TPSA) is 118 Å². The van der Waals surface area contributed by atoms with Crippen LogP contribution >= 0.6 is 0 Å². The van der Waals surface area contributed by atoms with Crippen LogP contribution in [0, 0.1) is 10.1 Å². The summed E-state index contributed by atoms with van der Waals surface area (Å²) >= 11 is 0. The van der Waals surface area contributed by atoms with Crippen molar-refractivity contribution in [3.05, 3.63) is 58.6 Å². The Labute approximate surface area is 130 Å². The summed E-state index contributed by atoms with van der Waals surface area (Å²) in [5.41, 5.74) is 0.0194. The van der Waals surface area contributed by atoms with E-state index in [-0.39, 0.29) is 17.1 Å². The van der Waals surface area contributed by atoms with Gasteiger partial charge in [0.1, 0.15) is 4.90 Å². The molecule has 0 aliphatic carbocycles. The first kappa shape index (κ1) is 16.4. The predicted molar refractivity (Wildman–Crippen MR) is 80.5 cm³/mol. The van der Waals surface area contributed by atoms with Crippen molar-refractivity contribution in [1.82, 2.24) is 0 Å². The smallest absolute Gasteiger partial charge is 0.308 e. The van der Waals surface area contributed by atoms with Gasteiger partial charge in [-0.2, -0.15) is 8.42 Å². The van der Waals surface area contributed by atoms with E-state index in [0.29, 0.717) is 0 Å². The van der Waals surface area contributed by atoms with Gasteiger partial charge in [-0.15, -0.1) is 3.89 Å². The van der Waals surface area contributed by atoms with E-state index in [1.165, 1.54) is 30.3 Å². The van der Waals surface area contributed by atoms with E-state index in [4.69, 9.17) is 0 Å². The molecule has 120 valence electrons. The van der Waals surface area contributed by atoms with Gasteiger partial charge in [0, 0.05) is 23.5 Å². The lowest BCUT2D eigenvalue weighted by molar-refractivity contribution is -0.384. The molecule has 0 aliphatic heterocycles. The van der Waals surface area contributed by atoms with Crippen LogP contribution in [-0.4, -0.2) is 19.4 Å². The summed E-state index contributed by atoms with van der Waals surface area (Å²) in [7, 11) is -4.88. The van der Waals surface area contributed by atoms with Crippen LogP contribution in [0.15, 0.2) is 53.4 Å². The lowest BCUT2D eigenvalue weighted by Gasteiger charge is -2.08. The number of rotatable bonds is 4. The first-order valence-electron chi connectivity index (χ1n) is 6.13. The Morgan fingerprint density at radius 1 is 1.04 bits per heavy atom. The number of nitro groups is 1. The zero-order valence-corrected chi connectivity index (χ0v) is 12.2. The number of amides is 2. The zero-order valence-electron chi connectivity index (χ0n) is 11.4. The first-order chi connectivity index (χ1) is 10.8. The molecule has 2 N–H and O–H groups in total. The van der Waals surface area contributed by atoms with Crippen molar-refractivity contribution in [2.75, 3.05) is 10.6 Å². The van der Waals surface area contributed by atoms with Crippen LogP contribution in [0.4, 0.5) is 25.7 Å². The number of anilines is 2. The normalized spacial score (nSPS) is 10.8. The number of hydrogen-bond acceptors (Lipinski definition) is 5. The number of nitrogens with one attached hydrogen (secondary N) is 2. The maximum absolute atomic E-state index is 12.9. The number of benzene rings is 2. The van der Waals surface area contributed by atoms with Crippen molar-refractivity contribution < 1.29 is 22.0 Å². The SMILES string of the molecule is O=C(Nc1cccc([N+](=O)[O-])c1)Nc1cccc(S(=O)(=O)F)c1. The van der Waals surface area contributed by atoms with Crippen LogP contribution in [0.2, 0.25) is 0 Å². The number of halogens is 1. The molecular weight excluding hydrogens is 329 g/mol. The molecule has 0 radical (unpaired) electrons. The second-order valence-corrected chi connectivity index (χ2v) is 5.70. The van der Waals surface area contributed by atoms with Gasteiger partial charge in [0.25, 0.3) is 5.69 Å². The molecule has 0 aromatic heterocycles. The van der Waals surface area contributed by atoms with Crippen LogP contribution < -0.4 is 10.6 Å². The molecule has 0 spiro atoms. The third-order valence-electron chi connectivity index (χ3n) is 2.69. The maximum Gasteiger partial charge on any atom is 0.332 e. The van der Waals surface area contributed by atoms with Crippen molar-refractivity contribution in [3.8, 4) is 0 Å². The summed E-state index contributed by atoms with van der Waals surface area (Å²) in [5, 5.41) is 15.3. The number of non-ortho nitro benzene ring substituents is 1. The Hall–Kier alpha value is -3.01. The fourth-order valence-electron chi connectivity index (χ4n) is 1.72. The van der Waals surface area contributed by atoms with Crippen LogP contribution in [0.25, 0.3) is 0 Å². The molecule has 0 aliphatic rings. The van der Waals surface area contributed by atoms with E-state index in [0.717, 1.165) is 18.2 Å². The monoisotopic (exact) mass is 339 g/mol. The number of carbonyl (C=O) groups is 1. The number of carbonyl (C=O) groups excluding carboxylic acids is 1. The highest BCUT2D eigenvalue weighted by molar-refractivity contribution is 7.86. The molecule has 0 fully saturated rings. The van der Waals surface area contributed by atoms with Gasteiger partial charge in [0.15, 0.2) is 0 Å². The molecule has 0 saturated heterocycles. The van der Waals surface area contributed by atoms with Crippen molar-refractivity contribution in [2.45, 2.75) is 4.90 Å². The number of hydrogen-bond donors (Lipinski definition) is 2. The highest BCUT2D eigenvalue weighted by atomic mass is 32.3. The van der Waals surface area contributed by atoms with Crippen molar-refractivity contribution in [3.63, 3.8) is 0 Å². The van der Waals surface area contributed by atoms with Gasteiger partial charge in [-0.3, -0.25) is 10.1 Å². The van der Waals surface area contributed by atoms with Crippen LogP contribution in [-0.2, 0) is 10.2 Å². The standard InChI is InChI=1S/C13H10FN3O5S/c14-23(21,22)12-6-2-4-10(8-12)16-13(18)15-9-3-1-5-11(7-9)17(19)20/h1-8H,(H2,15,16,18). The summed E-state index contributed by atoms with van der Waals surface area (Å²) in [4.78, 5) is 21.2. The highest BCUT2D eigenvalue weighted by Gasteiger charge is 2.13. The Bertz CT molecular complexity index is 869. The van der Waals surface area contributed by atoms with Gasteiger partial charge >= 0.3 is 16.3 Å². The molecule has 23 heavy (non-hydrogen) atoms. The quantitative estimate of drug-likeness (QED) is 0.504. The predicted octanol–water partition coefficient (Wildman–Crippen LogP) is 2.90. The van der Waals surface area contributed by atoms with Crippen LogP contribution in [0.3, 0.4) is 0 Å². The van der Waals surface area contributed by atoms with Gasteiger partial charge in [-0.05, 0) is 24.3 Å². The molecule has 2 aromatic rings. The highest BCUT2D eigenvalue weighted by Crippen LogP contribution is 2.19. The Balaban J connectivity index is 2.11. The lowest BCUT2D eigenvalue weighted by Crippen LogP contribution is -2.19. The summed E-state index contributed by atoms with van der Waals surface area (Å²) in [6.45, 7) is 0. The van der Waals surface area contributed by atoms with E-state index in [1.54, 1.807) is 0 Å². The fourth-order valence-corrected chi connectivity index (χ4v) is 2.23. The van der Waals surface area contributed by atoms with E-state index in [1.807, 2.05) is 0 Å². The van der Waals surface area contributed by atoms with Gasteiger partial charge in [0.2, 0.25) is 0 Å². The largest absolute Gasteiger partial charge is 0.332 e. The first-order valence-corrected chi connectivity index (χ1v) is 7.51. The molecule has 0 bridgehead atoms. The fraction of sp³-hybridized carbons (Fsp3) is 0. The molecule has 2 amide bonds. The van der Waals surface area contributed by atoms with Crippen molar-refractivity contribution in [1.29, 1.82) is 0 Å². The second-order valence-electron chi connectivity index (χ2n) is 4.35. The van der Waals surface area contributed by atoms with Crippen LogP contribution in [0.1, 0.15) is 0 Å². The van der Waals surface area contributed by atoms with Gasteiger partial charge < -0.3 is 10.6 Å². The maximum atomic E-state index is 12.9. The van der Waals surface area contributed by atoms with E-state index >= 15 is 0 Å². The molecular formula is C13H10FN3O5S. The zero-order chi connectivity index (χ0) is 17.0. The average molecular weight is 339 g/mol. The van der Waals surface area contributed by atoms with Crippen molar-refractivity contribution >= 4 is 33.3 Å². The van der Waals surface area contributed by atoms with E-state index in [9.17, 15) is 27.2 Å². The van der Waals surface area contributed by atoms with Crippen LogP contribution in [0.5, 0.6) is 0 Å². The van der Waals surface area contributed by atoms with Gasteiger partial charge in [-0.1, -0.05) is 12.1 Å². The molecule has 8 nitrogen and oxygen atoms in total. The van der Waals surface area contributed by atoms with Crippen molar-refractivity contribution in [2.24, 2.45) is 0 Å². The minimum Gasteiger partial charge on any atom is -0.308 e. The molecule has 0 saturated carbocycles. The molecule has 0 unspecified atom stereocenters. The average Bonchev–Trinajstić information content (AvgIpc) is 2.46. The molecule has 2 aromatic carbocycles.